The summed E-state index contributed by atoms with van der Waals surface area (Å²) in [5, 5.41) is 7.10. The predicted octanol–water partition coefficient (Wildman–Crippen LogP) is 3.04. The summed E-state index contributed by atoms with van der Waals surface area (Å²) in [7, 11) is 1.62. The van der Waals surface area contributed by atoms with E-state index in [0.29, 0.717) is 10.6 Å². The highest BCUT2D eigenvalue weighted by Crippen LogP contribution is 2.44. The number of H-pyrrole nitrogens is 1. The Morgan fingerprint density at radius 1 is 1.38 bits per heavy atom. The van der Waals surface area contributed by atoms with Crippen molar-refractivity contribution in [3.8, 4) is 22.3 Å². The van der Waals surface area contributed by atoms with Crippen LogP contribution in [0.5, 0.6) is 11.5 Å². The maximum absolute atomic E-state index is 11.2. The summed E-state index contributed by atoms with van der Waals surface area (Å²) < 4.78 is 17.2. The van der Waals surface area contributed by atoms with Crippen LogP contribution in [0, 0.1) is 0 Å². The first kappa shape index (κ1) is 13.7. The number of hydrogen-bond donors (Lipinski definition) is 1. The van der Waals surface area contributed by atoms with Crippen molar-refractivity contribution >= 4 is 21.4 Å². The highest BCUT2D eigenvalue weighted by atomic mass is 32.1. The maximum Gasteiger partial charge on any atom is 0.434 e. The second kappa shape index (κ2) is 5.25. The van der Waals surface area contributed by atoms with Gasteiger partial charge in [0.2, 0.25) is 0 Å². The van der Waals surface area contributed by atoms with E-state index in [1.807, 2.05) is 32.0 Å². The lowest BCUT2D eigenvalue weighted by atomic mass is 10.2. The molecule has 2 aromatic heterocycles. The van der Waals surface area contributed by atoms with E-state index < -0.39 is 5.76 Å². The first-order valence-corrected chi connectivity index (χ1v) is 7.23. The minimum atomic E-state index is -0.587. The zero-order valence-electron chi connectivity index (χ0n) is 11.8. The van der Waals surface area contributed by atoms with Gasteiger partial charge >= 0.3 is 5.76 Å². The average Bonchev–Trinajstić information content (AvgIpc) is 3.02. The summed E-state index contributed by atoms with van der Waals surface area (Å²) in [5.74, 6) is 1.07. The van der Waals surface area contributed by atoms with Gasteiger partial charge in [0, 0.05) is 10.1 Å². The lowest BCUT2D eigenvalue weighted by Crippen LogP contribution is -2.05. The van der Waals surface area contributed by atoms with Gasteiger partial charge in [0.05, 0.1) is 13.2 Å². The zero-order chi connectivity index (χ0) is 15.0. The number of fused-ring (bicyclic) bond motifs is 1. The molecule has 7 heteroatoms. The van der Waals surface area contributed by atoms with Crippen LogP contribution >= 0.6 is 11.3 Å². The normalized spacial score (nSPS) is 11.2. The summed E-state index contributed by atoms with van der Waals surface area (Å²) in [6, 6.07) is 5.71. The van der Waals surface area contributed by atoms with Crippen molar-refractivity contribution in [1.82, 2.24) is 10.2 Å². The fourth-order valence-corrected chi connectivity index (χ4v) is 3.09. The third kappa shape index (κ3) is 2.52. The molecule has 0 aliphatic heterocycles. The van der Waals surface area contributed by atoms with Crippen LogP contribution in [-0.4, -0.2) is 23.4 Å². The van der Waals surface area contributed by atoms with E-state index in [4.69, 9.17) is 13.9 Å². The van der Waals surface area contributed by atoms with Crippen LogP contribution in [-0.2, 0) is 0 Å². The molecule has 0 aliphatic rings. The van der Waals surface area contributed by atoms with Crippen LogP contribution in [0.3, 0.4) is 0 Å². The zero-order valence-corrected chi connectivity index (χ0v) is 12.6. The minimum Gasteiger partial charge on any atom is -0.497 e. The van der Waals surface area contributed by atoms with Crippen LogP contribution in [0.1, 0.15) is 13.8 Å². The van der Waals surface area contributed by atoms with Crippen LogP contribution < -0.4 is 15.2 Å². The summed E-state index contributed by atoms with van der Waals surface area (Å²) in [6.45, 7) is 3.88. The number of ether oxygens (including phenoxy) is 2. The van der Waals surface area contributed by atoms with Crippen LogP contribution in [0.2, 0.25) is 0 Å². The van der Waals surface area contributed by atoms with Gasteiger partial charge in [0.25, 0.3) is 5.89 Å². The van der Waals surface area contributed by atoms with Crippen molar-refractivity contribution in [2.24, 2.45) is 0 Å². The van der Waals surface area contributed by atoms with Gasteiger partial charge in [-0.1, -0.05) is 0 Å². The van der Waals surface area contributed by atoms with Crippen molar-refractivity contribution < 1.29 is 13.9 Å². The first-order valence-electron chi connectivity index (χ1n) is 6.41. The van der Waals surface area contributed by atoms with Crippen LogP contribution in [0.15, 0.2) is 27.4 Å². The van der Waals surface area contributed by atoms with Gasteiger partial charge in [-0.05, 0) is 32.0 Å². The number of aromatic nitrogens is 2. The Hall–Kier alpha value is -2.28. The molecule has 0 spiro atoms. The predicted molar refractivity (Wildman–Crippen MR) is 80.3 cm³/mol. The van der Waals surface area contributed by atoms with E-state index in [1.165, 1.54) is 11.3 Å². The summed E-state index contributed by atoms with van der Waals surface area (Å²) in [6.07, 6.45) is -0.00526. The molecule has 0 aliphatic carbocycles. The molecular weight excluding hydrogens is 292 g/mol. The van der Waals surface area contributed by atoms with E-state index in [-0.39, 0.29) is 12.0 Å². The number of nitrogens with one attached hydrogen (secondary N) is 1. The molecule has 1 aromatic carbocycles. The van der Waals surface area contributed by atoms with Crippen molar-refractivity contribution in [3.05, 3.63) is 28.7 Å². The van der Waals surface area contributed by atoms with E-state index >= 15 is 0 Å². The van der Waals surface area contributed by atoms with E-state index in [0.717, 1.165) is 15.8 Å². The van der Waals surface area contributed by atoms with Gasteiger partial charge in [-0.2, -0.15) is 0 Å². The molecule has 0 radical (unpaired) electrons. The Balaban J connectivity index is 2.23. The molecule has 6 nitrogen and oxygen atoms in total. The average molecular weight is 306 g/mol. The topological polar surface area (TPSA) is 77.4 Å². The third-order valence-electron chi connectivity index (χ3n) is 2.84. The van der Waals surface area contributed by atoms with Gasteiger partial charge < -0.3 is 13.9 Å². The minimum absolute atomic E-state index is 0.00526. The fourth-order valence-electron chi connectivity index (χ4n) is 2.00. The van der Waals surface area contributed by atoms with Gasteiger partial charge in [0.15, 0.2) is 5.75 Å². The van der Waals surface area contributed by atoms with E-state index in [1.54, 1.807) is 7.11 Å². The third-order valence-corrected chi connectivity index (χ3v) is 3.96. The smallest absolute Gasteiger partial charge is 0.434 e. The second-order valence-electron chi connectivity index (χ2n) is 4.71. The van der Waals surface area contributed by atoms with Gasteiger partial charge in [0.1, 0.15) is 10.6 Å². The molecular formula is C14H14N2O4S. The molecule has 0 atom stereocenters. The molecule has 2 heterocycles. The number of nitrogens with zero attached hydrogens (tertiary/aromatic N) is 1. The molecule has 0 unspecified atom stereocenters. The number of rotatable bonds is 4. The number of benzene rings is 1. The highest BCUT2D eigenvalue weighted by Gasteiger charge is 2.20. The summed E-state index contributed by atoms with van der Waals surface area (Å²) in [4.78, 5) is 11.9. The molecule has 110 valence electrons. The van der Waals surface area contributed by atoms with Crippen molar-refractivity contribution in [2.75, 3.05) is 7.11 Å². The molecule has 1 N–H and O–H groups in total. The Labute approximate surface area is 124 Å². The molecule has 0 saturated heterocycles. The van der Waals surface area contributed by atoms with Crippen LogP contribution in [0.25, 0.3) is 20.9 Å². The van der Waals surface area contributed by atoms with Crippen molar-refractivity contribution in [1.29, 1.82) is 0 Å². The maximum atomic E-state index is 11.2. The summed E-state index contributed by atoms with van der Waals surface area (Å²) in [5.41, 5.74) is 0. The Morgan fingerprint density at radius 3 is 2.81 bits per heavy atom. The first-order chi connectivity index (χ1) is 10.1. The highest BCUT2D eigenvalue weighted by molar-refractivity contribution is 7.22. The monoisotopic (exact) mass is 306 g/mol. The second-order valence-corrected chi connectivity index (χ2v) is 5.76. The molecule has 3 rings (SSSR count). The largest absolute Gasteiger partial charge is 0.497 e. The molecule has 0 bridgehead atoms. The fraction of sp³-hybridized carbons (Fsp3) is 0.286. The quantitative estimate of drug-likeness (QED) is 0.801. The van der Waals surface area contributed by atoms with Gasteiger partial charge in [-0.15, -0.1) is 16.4 Å². The Bertz CT molecular complexity index is 831. The Morgan fingerprint density at radius 2 is 2.19 bits per heavy atom. The van der Waals surface area contributed by atoms with Crippen LogP contribution in [0.4, 0.5) is 0 Å². The lowest BCUT2D eigenvalue weighted by Gasteiger charge is -2.10. The number of thiophene rings is 1. The molecule has 0 fully saturated rings. The van der Waals surface area contributed by atoms with Crippen molar-refractivity contribution in [3.63, 3.8) is 0 Å². The van der Waals surface area contributed by atoms with Gasteiger partial charge in [-0.3, -0.25) is 0 Å². The molecule has 0 saturated carbocycles. The molecule has 0 amide bonds. The number of hydrogen-bond acceptors (Lipinski definition) is 6. The summed E-state index contributed by atoms with van der Waals surface area (Å²) >= 11 is 1.44. The van der Waals surface area contributed by atoms with Crippen molar-refractivity contribution in [2.45, 2.75) is 20.0 Å². The van der Waals surface area contributed by atoms with Gasteiger partial charge in [-0.25, -0.2) is 9.89 Å². The number of aromatic amines is 1. The standard InChI is InChI=1S/C14H14N2O4S/c1-7(2)19-11-9-5-4-8(18-3)6-10(9)21-12(11)13-15-16-14(17)20-13/h4-7H,1-3H3,(H,16,17). The van der Waals surface area contributed by atoms with E-state index in [9.17, 15) is 4.79 Å². The van der Waals surface area contributed by atoms with E-state index in [2.05, 4.69) is 10.2 Å². The number of methoxy groups -OCH3 is 1. The molecule has 3 aromatic rings. The molecule has 21 heavy (non-hydrogen) atoms. The SMILES string of the molecule is COc1ccc2c(OC(C)C)c(-c3n[nH]c(=O)o3)sc2c1. The lowest BCUT2D eigenvalue weighted by molar-refractivity contribution is 0.247. The Kier molecular flexibility index (Phi) is 3.42.